The van der Waals surface area contributed by atoms with Crippen LogP contribution in [-0.4, -0.2) is 172 Å². The van der Waals surface area contributed by atoms with Gasteiger partial charge in [-0.25, -0.2) is 0 Å². The molecule has 0 saturated heterocycles. The number of thiol groups is 10. The molecule has 5 unspecified atom stereocenters. The summed E-state index contributed by atoms with van der Waals surface area (Å²) >= 11 is 60.5. The second-order valence-corrected chi connectivity index (χ2v) is 84.6. The maximum atomic E-state index is 6.74. The molecule has 40 heteroatoms. The van der Waals surface area contributed by atoms with E-state index in [2.05, 4.69) is 48.5 Å². The molecule has 0 aliphatic rings. The van der Waals surface area contributed by atoms with Gasteiger partial charge in [0.05, 0.1) is 4.24 Å². The van der Waals surface area contributed by atoms with Crippen LogP contribution < -0.4 is 0 Å². The second-order valence-electron chi connectivity index (χ2n) is 28.9. The predicted octanol–water partition coefficient (Wildman–Crippen LogP) is 30.5. The minimum Gasteiger partial charge on any atom is -0.374 e. The zero-order valence-corrected chi connectivity index (χ0v) is 97.1. The predicted molar refractivity (Wildman–Crippen MR) is 575 cm³/mol. The largest absolute Gasteiger partial charge is 0.500 e. The number of rotatable bonds is 79. The summed E-state index contributed by atoms with van der Waals surface area (Å²) in [5, 5.41) is 0. The molecule has 115 heavy (non-hydrogen) atoms. The highest BCUT2D eigenvalue weighted by Crippen LogP contribution is 2.95. The molecule has 15 nitrogen and oxygen atoms in total. The normalized spacial score (nSPS) is 17.7. The summed E-state index contributed by atoms with van der Waals surface area (Å²) in [6, 6.07) is 2.63. The van der Waals surface area contributed by atoms with E-state index in [1.165, 1.54) is 138 Å². The van der Waals surface area contributed by atoms with E-state index in [4.69, 9.17) is 183 Å². The van der Waals surface area contributed by atoms with Crippen molar-refractivity contribution in [3.63, 3.8) is 0 Å². The van der Waals surface area contributed by atoms with Crippen LogP contribution in [-0.2, 0) is 66.4 Å². The number of hydrogen-bond acceptors (Lipinski definition) is 30. The minimum atomic E-state index is -3.32. The Morgan fingerprint density at radius 3 is 0.661 bits per heavy atom. The fourth-order valence-corrected chi connectivity index (χ4v) is 69.6. The Labute approximate surface area is 787 Å². The highest BCUT2D eigenvalue weighted by Gasteiger charge is 2.54. The zero-order valence-electron chi connectivity index (χ0n) is 75.0. The molecular weight excluding hydrogens is 1920 g/mol. The highest BCUT2D eigenvalue weighted by atomic mass is 33.7. The Balaban J connectivity index is 11.4. The van der Waals surface area contributed by atoms with Crippen LogP contribution in [0.15, 0.2) is 30.1 Å². The van der Waals surface area contributed by atoms with Crippen molar-refractivity contribution in [2.24, 2.45) is 10.8 Å². The van der Waals surface area contributed by atoms with Crippen LogP contribution in [0.25, 0.3) is 0 Å². The van der Waals surface area contributed by atoms with E-state index in [1.54, 1.807) is 0 Å². The first-order chi connectivity index (χ1) is 54.6. The van der Waals surface area contributed by atoms with Gasteiger partial charge in [-0.3, -0.25) is 0 Å². The van der Waals surface area contributed by atoms with Crippen molar-refractivity contribution in [3.05, 3.63) is 30.1 Å². The zero-order chi connectivity index (χ0) is 87.4. The summed E-state index contributed by atoms with van der Waals surface area (Å²) < 4.78 is 102. The lowest BCUT2D eigenvalue weighted by Crippen LogP contribution is -2.46. The lowest BCUT2D eigenvalue weighted by Gasteiger charge is -2.54. The Kier molecular flexibility index (Phi) is 70.0. The van der Waals surface area contributed by atoms with Gasteiger partial charge in [-0.05, 0) is 251 Å². The monoisotopic (exact) mass is 2090 g/mol. The number of allylic oxidation sites excluding steroid dienone is 2. The summed E-state index contributed by atoms with van der Waals surface area (Å²) in [6.45, 7) is 53.6. The molecule has 0 rings (SSSR count). The molecule has 0 aliphatic heterocycles. The molecule has 0 radical (unpaired) electrons. The molecule has 0 heterocycles. The second kappa shape index (κ2) is 66.1. The molecule has 0 aliphatic carbocycles. The molecule has 5 atom stereocenters. The molecule has 696 valence electrons. The Morgan fingerprint density at radius 1 is 0.261 bits per heavy atom. The van der Waals surface area contributed by atoms with Crippen LogP contribution in [0.5, 0.6) is 0 Å². The number of unbranched alkanes of at least 4 members (excludes halogenated alkanes) is 13. The minimum absolute atomic E-state index is 0.191. The van der Waals surface area contributed by atoms with Crippen LogP contribution in [0.2, 0.25) is 30.2 Å². The summed E-state index contributed by atoms with van der Waals surface area (Å²) in [5.74, 6) is 2.67. The average molecular weight is 2090 g/mol. The van der Waals surface area contributed by atoms with Crippen molar-refractivity contribution in [2.45, 2.75) is 311 Å². The van der Waals surface area contributed by atoms with Crippen molar-refractivity contribution in [1.29, 1.82) is 0 Å². The van der Waals surface area contributed by atoms with Crippen LogP contribution in [0.1, 0.15) is 281 Å². The van der Waals surface area contributed by atoms with E-state index in [9.17, 15) is 0 Å². The van der Waals surface area contributed by atoms with Crippen molar-refractivity contribution < 1.29 is 66.4 Å². The van der Waals surface area contributed by atoms with Gasteiger partial charge in [-0.2, -0.15) is 0 Å². The lowest BCUT2D eigenvalue weighted by molar-refractivity contribution is 0.0704. The molecule has 0 saturated carbocycles. The fourth-order valence-electron chi connectivity index (χ4n) is 14.3. The maximum absolute atomic E-state index is 6.74. The summed E-state index contributed by atoms with van der Waals surface area (Å²) in [5.41, 5.74) is 1.76. The van der Waals surface area contributed by atoms with E-state index in [0.29, 0.717) is 190 Å². The number of hydrogen-bond donors (Lipinski definition) is 10. The maximum Gasteiger partial charge on any atom is 0.500 e. The van der Waals surface area contributed by atoms with Gasteiger partial charge in [0.25, 0.3) is 0 Å². The average Bonchev–Trinajstić information content (AvgIpc) is 0.714. The fraction of sp³-hybridized carbons (Fsp3) is 0.920. The summed E-state index contributed by atoms with van der Waals surface area (Å²) in [7, 11) is -22.2. The van der Waals surface area contributed by atoms with Crippen molar-refractivity contribution in [1.82, 2.24) is 0 Å². The summed E-state index contributed by atoms with van der Waals surface area (Å²) in [4.78, 5) is 3.06. The van der Waals surface area contributed by atoms with Gasteiger partial charge in [0.2, 0.25) is 0 Å². The first-order valence-electron chi connectivity index (χ1n) is 42.7. The third-order valence-corrected chi connectivity index (χ3v) is 84.3. The van der Waals surface area contributed by atoms with E-state index in [1.807, 2.05) is 104 Å². The topological polar surface area (TPSA) is 138 Å². The third-order valence-electron chi connectivity index (χ3n) is 20.4. The standard InChI is InChI=1S/C75H166O15S20Si5/c1-23-39-40-41-42-43-44-45-46-47-48-49-50-51-57-74(19,20)75(21,22)69(18)68(17)70(106(96,101-91)58-52-63-111(76-24-2,77-25-3)78-26-4)71(107(97,102-92)59-53-64-112(79-27-5,80-28-6)81-29-7)72(108(98,103-93)60-54-65-113(82-30-8,83-31-9)84-32-10)73(109(99,104-94)61-55-66-114(85-33-11,86-34-12)87-35-13)110(100,105-95)62-56-67-115(88-36-14,89-37-15)90-38-16/h91-100H,23-67H2,1-22H3. The molecule has 0 N–H and O–H groups in total. The van der Waals surface area contributed by atoms with Crippen LogP contribution in [0, 0.1) is 10.8 Å². The quantitative estimate of drug-likeness (QED) is 0.00928. The van der Waals surface area contributed by atoms with Gasteiger partial charge in [-0.15, -0.1) is 157 Å². The van der Waals surface area contributed by atoms with Crippen molar-refractivity contribution in [3.8, 4) is 0 Å². The highest BCUT2D eigenvalue weighted by molar-refractivity contribution is 9.43. The lowest BCUT2D eigenvalue weighted by atomic mass is 9.61. The van der Waals surface area contributed by atoms with Crippen molar-refractivity contribution in [2.75, 3.05) is 128 Å². The molecule has 0 bridgehead atoms. The molecule has 0 fully saturated rings. The van der Waals surface area contributed by atoms with Gasteiger partial charge < -0.3 is 66.4 Å². The first-order valence-corrected chi connectivity index (χ1v) is 78.6. The Morgan fingerprint density at radius 2 is 0.452 bits per heavy atom. The Hall–Kier alpha value is 6.70. The van der Waals surface area contributed by atoms with Gasteiger partial charge in [0.1, 0.15) is 0 Å². The first kappa shape index (κ1) is 122. The molecular formula is C75H166O15S20Si5. The molecule has 0 spiro atoms. The van der Waals surface area contributed by atoms with Crippen LogP contribution >= 0.6 is 206 Å². The van der Waals surface area contributed by atoms with Gasteiger partial charge in [-0.1, -0.05) is 130 Å². The van der Waals surface area contributed by atoms with E-state index in [-0.39, 0.29) is 5.41 Å². The van der Waals surface area contributed by atoms with E-state index >= 15 is 0 Å². The third kappa shape index (κ3) is 41.0. The van der Waals surface area contributed by atoms with Gasteiger partial charge in [0, 0.05) is 144 Å². The molecule has 0 amide bonds. The SMILES string of the molecule is CCCCCCCCCCCCCCCCC(C)(C)C(C)(C)C(C)=C(C)C(=C(C(=C(S(S)(CCC[Si](OCC)(OCC)OCC)SS)S(S)(CCC[Si](OCC)(OCC)OCC)SS)S(S)(CCC[Si](OCC)(OCC)OCC)SS)S(S)(CCC[Si](OCC)(OCC)OCC)SS)S(S)(CCC[Si](OCC)(OCC)OCC)SS. The van der Waals surface area contributed by atoms with E-state index in [0.717, 1.165) is 37.4 Å². The summed E-state index contributed by atoms with van der Waals surface area (Å²) in [6.07, 6.45) is 22.4. The van der Waals surface area contributed by atoms with Crippen molar-refractivity contribution >= 4 is 250 Å². The van der Waals surface area contributed by atoms with Crippen LogP contribution in [0.3, 0.4) is 0 Å². The van der Waals surface area contributed by atoms with Gasteiger partial charge in [0.15, 0.2) is 0 Å². The van der Waals surface area contributed by atoms with E-state index < -0.39 is 89.9 Å². The smallest absolute Gasteiger partial charge is 0.374 e. The molecule has 0 aromatic carbocycles. The van der Waals surface area contributed by atoms with Gasteiger partial charge >= 0.3 is 44.0 Å². The molecule has 0 aromatic heterocycles. The molecule has 0 aromatic rings. The van der Waals surface area contributed by atoms with Crippen LogP contribution in [0.4, 0.5) is 0 Å². The Bertz CT molecular complexity index is 2510.